The van der Waals surface area contributed by atoms with Gasteiger partial charge in [0.25, 0.3) is 0 Å². The van der Waals surface area contributed by atoms with Gasteiger partial charge >= 0.3 is 12.1 Å². The van der Waals surface area contributed by atoms with Crippen LogP contribution in [0.4, 0.5) is 17.6 Å². The van der Waals surface area contributed by atoms with Crippen LogP contribution in [0.1, 0.15) is 23.7 Å². The molecule has 0 aromatic heterocycles. The van der Waals surface area contributed by atoms with Gasteiger partial charge < -0.3 is 10.2 Å². The molecule has 0 heterocycles. The second-order valence-corrected chi connectivity index (χ2v) is 3.35. The number of aliphatic hydroxyl groups is 1. The fraction of sp³-hybridized carbons (Fsp3) is 0.300. The van der Waals surface area contributed by atoms with E-state index in [0.29, 0.717) is 12.1 Å². The Labute approximate surface area is 93.3 Å². The Morgan fingerprint density at radius 2 is 1.94 bits per heavy atom. The molecule has 0 fully saturated rings. The van der Waals surface area contributed by atoms with Gasteiger partial charge in [-0.15, -0.1) is 0 Å². The van der Waals surface area contributed by atoms with Crippen LogP contribution in [0.5, 0.6) is 0 Å². The zero-order chi connectivity index (χ0) is 13.2. The number of aliphatic carboxylic acids is 1. The largest absolute Gasteiger partial charge is 0.481 e. The van der Waals surface area contributed by atoms with E-state index < -0.39 is 36.1 Å². The molecule has 3 nitrogen and oxygen atoms in total. The summed E-state index contributed by atoms with van der Waals surface area (Å²) in [6.07, 6.45) is -7.24. The molecule has 2 N–H and O–H groups in total. The lowest BCUT2D eigenvalue weighted by molar-refractivity contribution is -0.140. The predicted molar refractivity (Wildman–Crippen MR) is 48.6 cm³/mol. The molecule has 1 rings (SSSR count). The summed E-state index contributed by atoms with van der Waals surface area (Å²) in [6.45, 7) is 0. The van der Waals surface area contributed by atoms with Gasteiger partial charge in [-0.25, -0.2) is 4.39 Å². The minimum Gasteiger partial charge on any atom is -0.481 e. The molecule has 0 amide bonds. The number of carboxylic acids is 1. The summed E-state index contributed by atoms with van der Waals surface area (Å²) in [5.74, 6) is -2.83. The zero-order valence-electron chi connectivity index (χ0n) is 8.33. The van der Waals surface area contributed by atoms with E-state index in [0.717, 1.165) is 6.07 Å². The van der Waals surface area contributed by atoms with Crippen LogP contribution in [0.25, 0.3) is 0 Å². The van der Waals surface area contributed by atoms with Gasteiger partial charge in [0, 0.05) is 0 Å². The van der Waals surface area contributed by atoms with Gasteiger partial charge in [-0.3, -0.25) is 4.79 Å². The third-order valence-electron chi connectivity index (χ3n) is 2.05. The lowest BCUT2D eigenvalue weighted by Crippen LogP contribution is -2.11. The summed E-state index contributed by atoms with van der Waals surface area (Å²) in [7, 11) is 0. The minimum absolute atomic E-state index is 0.291. The number of carbonyl (C=O) groups is 1. The summed E-state index contributed by atoms with van der Waals surface area (Å²) in [6, 6.07) is 1.87. The van der Waals surface area contributed by atoms with Crippen molar-refractivity contribution < 1.29 is 32.6 Å². The van der Waals surface area contributed by atoms with Crippen molar-refractivity contribution in [3.63, 3.8) is 0 Å². The monoisotopic (exact) mass is 252 g/mol. The Morgan fingerprint density at radius 3 is 2.41 bits per heavy atom. The molecule has 17 heavy (non-hydrogen) atoms. The molecular weight excluding hydrogens is 244 g/mol. The molecule has 1 atom stereocenters. The Kier molecular flexibility index (Phi) is 3.72. The van der Waals surface area contributed by atoms with Crippen LogP contribution in [0, 0.1) is 5.82 Å². The van der Waals surface area contributed by atoms with Crippen molar-refractivity contribution in [3.8, 4) is 0 Å². The Balaban J connectivity index is 3.08. The second-order valence-electron chi connectivity index (χ2n) is 3.35. The quantitative estimate of drug-likeness (QED) is 0.812. The zero-order valence-corrected chi connectivity index (χ0v) is 8.33. The van der Waals surface area contributed by atoms with E-state index in [1.54, 1.807) is 0 Å². The number of benzene rings is 1. The predicted octanol–water partition coefficient (Wildman–Crippen LogP) is 2.35. The molecular formula is C10H8F4O3. The van der Waals surface area contributed by atoms with Crippen LogP contribution >= 0.6 is 0 Å². The molecule has 0 saturated carbocycles. The molecule has 0 aliphatic heterocycles. The minimum atomic E-state index is -4.89. The normalized spacial score (nSPS) is 13.5. The summed E-state index contributed by atoms with van der Waals surface area (Å²) in [4.78, 5) is 10.3. The van der Waals surface area contributed by atoms with Crippen molar-refractivity contribution in [2.75, 3.05) is 0 Å². The van der Waals surface area contributed by atoms with Crippen LogP contribution in [0.3, 0.4) is 0 Å². The van der Waals surface area contributed by atoms with Crippen LogP contribution in [-0.2, 0) is 11.0 Å². The van der Waals surface area contributed by atoms with Gasteiger partial charge in [0.05, 0.1) is 18.1 Å². The third-order valence-corrected chi connectivity index (χ3v) is 2.05. The molecule has 7 heteroatoms. The maximum absolute atomic E-state index is 12.9. The number of alkyl halides is 3. The Hall–Kier alpha value is -1.63. The van der Waals surface area contributed by atoms with Gasteiger partial charge in [0.2, 0.25) is 0 Å². The lowest BCUT2D eigenvalue weighted by atomic mass is 10.0. The van der Waals surface area contributed by atoms with E-state index in [2.05, 4.69) is 0 Å². The van der Waals surface area contributed by atoms with Crippen molar-refractivity contribution in [1.82, 2.24) is 0 Å². The number of hydrogen-bond donors (Lipinski definition) is 2. The molecule has 0 saturated heterocycles. The first kappa shape index (κ1) is 13.4. The second kappa shape index (κ2) is 4.70. The fourth-order valence-corrected chi connectivity index (χ4v) is 1.25. The summed E-state index contributed by atoms with van der Waals surface area (Å²) < 4.78 is 49.8. The molecule has 0 aliphatic carbocycles. The average molecular weight is 252 g/mol. The van der Waals surface area contributed by atoms with Gasteiger partial charge in [0.1, 0.15) is 5.82 Å². The Bertz CT molecular complexity index is 428. The van der Waals surface area contributed by atoms with Gasteiger partial charge in [-0.05, 0) is 17.7 Å². The maximum Gasteiger partial charge on any atom is 0.419 e. The number of halogens is 4. The lowest BCUT2D eigenvalue weighted by Gasteiger charge is -2.12. The average Bonchev–Trinajstić information content (AvgIpc) is 2.15. The van der Waals surface area contributed by atoms with E-state index in [1.165, 1.54) is 0 Å². The van der Waals surface area contributed by atoms with E-state index in [9.17, 15) is 27.5 Å². The van der Waals surface area contributed by atoms with Gasteiger partial charge in [-0.2, -0.15) is 13.2 Å². The summed E-state index contributed by atoms with van der Waals surface area (Å²) >= 11 is 0. The number of rotatable bonds is 3. The molecule has 1 aromatic rings. The molecule has 0 unspecified atom stereocenters. The molecule has 0 radical (unpaired) electrons. The first-order chi connectivity index (χ1) is 7.71. The van der Waals surface area contributed by atoms with E-state index in [1.807, 2.05) is 0 Å². The maximum atomic E-state index is 12.9. The van der Waals surface area contributed by atoms with Crippen molar-refractivity contribution >= 4 is 5.97 Å². The molecule has 94 valence electrons. The van der Waals surface area contributed by atoms with E-state index >= 15 is 0 Å². The number of hydrogen-bond acceptors (Lipinski definition) is 2. The van der Waals surface area contributed by atoms with Gasteiger partial charge in [0.15, 0.2) is 0 Å². The van der Waals surface area contributed by atoms with E-state index in [-0.39, 0.29) is 5.56 Å². The smallest absolute Gasteiger partial charge is 0.419 e. The fourth-order valence-electron chi connectivity index (χ4n) is 1.25. The van der Waals surface area contributed by atoms with Gasteiger partial charge in [-0.1, -0.05) is 6.07 Å². The first-order valence-electron chi connectivity index (χ1n) is 4.48. The van der Waals surface area contributed by atoms with E-state index in [4.69, 9.17) is 5.11 Å². The highest BCUT2D eigenvalue weighted by Crippen LogP contribution is 2.33. The summed E-state index contributed by atoms with van der Waals surface area (Å²) in [5, 5.41) is 17.7. The topological polar surface area (TPSA) is 57.5 Å². The highest BCUT2D eigenvalue weighted by molar-refractivity contribution is 5.67. The van der Waals surface area contributed by atoms with Crippen molar-refractivity contribution in [1.29, 1.82) is 0 Å². The number of aliphatic hydroxyl groups excluding tert-OH is 1. The van der Waals surface area contributed by atoms with Crippen molar-refractivity contribution in [2.45, 2.75) is 18.7 Å². The molecule has 0 aliphatic rings. The van der Waals surface area contributed by atoms with Crippen molar-refractivity contribution in [3.05, 3.63) is 35.1 Å². The summed E-state index contributed by atoms with van der Waals surface area (Å²) in [5.41, 5.74) is -1.82. The number of carboxylic acid groups (broad SMARTS) is 1. The molecule has 1 aromatic carbocycles. The van der Waals surface area contributed by atoms with Crippen LogP contribution in [-0.4, -0.2) is 16.2 Å². The third kappa shape index (κ3) is 3.42. The highest BCUT2D eigenvalue weighted by atomic mass is 19.4. The Morgan fingerprint density at radius 1 is 1.35 bits per heavy atom. The molecule has 0 spiro atoms. The molecule has 0 bridgehead atoms. The standard InChI is InChI=1S/C10H8F4O3/c11-7-2-1-5(8(15)4-9(16)17)3-6(7)10(12,13)14/h1-3,8,15H,4H2,(H,16,17)/t8-/m0/s1. The van der Waals surface area contributed by atoms with Crippen LogP contribution < -0.4 is 0 Å². The van der Waals surface area contributed by atoms with Crippen LogP contribution in [0.15, 0.2) is 18.2 Å². The first-order valence-corrected chi connectivity index (χ1v) is 4.48. The highest BCUT2D eigenvalue weighted by Gasteiger charge is 2.34. The van der Waals surface area contributed by atoms with Crippen LogP contribution in [0.2, 0.25) is 0 Å². The van der Waals surface area contributed by atoms with Crippen molar-refractivity contribution in [2.24, 2.45) is 0 Å². The SMILES string of the molecule is O=C(O)C[C@H](O)c1ccc(F)c(C(F)(F)F)c1.